The van der Waals surface area contributed by atoms with Crippen molar-refractivity contribution in [3.63, 3.8) is 0 Å². The summed E-state index contributed by atoms with van der Waals surface area (Å²) in [7, 11) is 0. The maximum Gasteiger partial charge on any atom is 0.349 e. The Balaban J connectivity index is 1.69. The summed E-state index contributed by atoms with van der Waals surface area (Å²) in [4.78, 5) is 34.9. The molecule has 0 saturated carbocycles. The van der Waals surface area contributed by atoms with Crippen LogP contribution in [-0.2, 0) is 24.2 Å². The van der Waals surface area contributed by atoms with Crippen molar-refractivity contribution in [1.29, 1.82) is 0 Å². The van der Waals surface area contributed by atoms with Gasteiger partial charge in [0.1, 0.15) is 5.03 Å². The molecule has 0 radical (unpaired) electrons. The smallest absolute Gasteiger partial charge is 0.334 e. The molecule has 9 heteroatoms. The van der Waals surface area contributed by atoms with Gasteiger partial charge in [-0.1, -0.05) is 11.8 Å². The molecule has 0 atom stereocenters. The fourth-order valence-corrected chi connectivity index (χ4v) is 5.09. The molecule has 0 aliphatic heterocycles. The number of hydrogen-bond donors (Lipinski definition) is 2. The first-order valence-electron chi connectivity index (χ1n) is 9.82. The first-order valence-corrected chi connectivity index (χ1v) is 11.7. The molecule has 2 aromatic heterocycles. The zero-order valence-corrected chi connectivity index (χ0v) is 18.3. The summed E-state index contributed by atoms with van der Waals surface area (Å²) in [5, 5.41) is 6.03. The third-order valence-corrected chi connectivity index (χ3v) is 6.99. The van der Waals surface area contributed by atoms with Gasteiger partial charge >= 0.3 is 5.69 Å². The number of nitrogens with zero attached hydrogens (tertiary/aromatic N) is 3. The molecule has 0 spiro atoms. The number of thiazole rings is 1. The van der Waals surface area contributed by atoms with Crippen molar-refractivity contribution in [2.24, 2.45) is 0 Å². The monoisotopic (exact) mass is 422 g/mol. The van der Waals surface area contributed by atoms with Crippen LogP contribution >= 0.6 is 23.1 Å². The Bertz CT molecular complexity index is 889. The third kappa shape index (κ3) is 5.01. The molecule has 1 aliphatic rings. The van der Waals surface area contributed by atoms with Crippen LogP contribution in [0.5, 0.6) is 0 Å². The number of quaternary nitrogens is 1. The van der Waals surface area contributed by atoms with Gasteiger partial charge in [0.15, 0.2) is 5.13 Å². The normalized spacial score (nSPS) is 13.1. The first kappa shape index (κ1) is 21.0. The topological polar surface area (TPSA) is 81.3 Å². The maximum absolute atomic E-state index is 12.6. The molecule has 0 bridgehead atoms. The van der Waals surface area contributed by atoms with E-state index in [4.69, 9.17) is 0 Å². The number of rotatable bonds is 9. The predicted molar refractivity (Wildman–Crippen MR) is 114 cm³/mol. The quantitative estimate of drug-likeness (QED) is 0.468. The highest BCUT2D eigenvalue weighted by Gasteiger charge is 2.23. The Hall–Kier alpha value is -1.71. The highest BCUT2D eigenvalue weighted by molar-refractivity contribution is 8.00. The predicted octanol–water partition coefficient (Wildman–Crippen LogP) is 1.15. The number of aromatic nitrogens is 3. The van der Waals surface area contributed by atoms with Crippen molar-refractivity contribution in [3.05, 3.63) is 32.8 Å². The van der Waals surface area contributed by atoms with Crippen molar-refractivity contribution in [2.45, 2.75) is 51.6 Å². The van der Waals surface area contributed by atoms with E-state index >= 15 is 0 Å². The van der Waals surface area contributed by atoms with E-state index in [1.54, 1.807) is 0 Å². The molecule has 28 heavy (non-hydrogen) atoms. The summed E-state index contributed by atoms with van der Waals surface area (Å²) >= 11 is 2.76. The standard InChI is InChI=1S/C19H27N5O2S2/c1-4-23(5-2)9-10-24-15-8-6-7-14(15)17(22-19(24)26)27-12-16(25)21-18-20-13(3)11-28-18/h11H,4-10,12H2,1-3H3,(H,20,21,25)/p+1. The lowest BCUT2D eigenvalue weighted by Gasteiger charge is -2.18. The number of thioether (sulfide) groups is 1. The molecular weight excluding hydrogens is 394 g/mol. The van der Waals surface area contributed by atoms with Crippen LogP contribution < -0.4 is 15.9 Å². The van der Waals surface area contributed by atoms with Gasteiger partial charge in [0.2, 0.25) is 5.91 Å². The van der Waals surface area contributed by atoms with Crippen molar-refractivity contribution in [1.82, 2.24) is 14.5 Å². The highest BCUT2D eigenvalue weighted by Crippen LogP contribution is 2.29. The molecule has 2 heterocycles. The van der Waals surface area contributed by atoms with Crippen LogP contribution in [0.25, 0.3) is 0 Å². The Kier molecular flexibility index (Phi) is 7.25. The summed E-state index contributed by atoms with van der Waals surface area (Å²) in [6.07, 6.45) is 2.88. The number of likely N-dealkylation sites (N-methyl/N-ethyl adjacent to an activating group) is 1. The lowest BCUT2D eigenvalue weighted by Crippen LogP contribution is -3.11. The van der Waals surface area contributed by atoms with Crippen molar-refractivity contribution < 1.29 is 9.69 Å². The van der Waals surface area contributed by atoms with Crippen LogP contribution in [0.2, 0.25) is 0 Å². The number of hydrogen-bond acceptors (Lipinski definition) is 6. The second kappa shape index (κ2) is 9.67. The maximum atomic E-state index is 12.6. The molecular formula is C19H28N5O2S2+. The van der Waals surface area contributed by atoms with Crippen LogP contribution in [0.1, 0.15) is 37.2 Å². The lowest BCUT2D eigenvalue weighted by molar-refractivity contribution is -0.897. The van der Waals surface area contributed by atoms with E-state index in [0.717, 1.165) is 60.9 Å². The molecule has 2 aromatic rings. The Morgan fingerprint density at radius 1 is 1.32 bits per heavy atom. The summed E-state index contributed by atoms with van der Waals surface area (Å²) in [6.45, 7) is 9.99. The summed E-state index contributed by atoms with van der Waals surface area (Å²) < 4.78 is 1.86. The molecule has 1 aliphatic carbocycles. The molecule has 0 aromatic carbocycles. The molecule has 3 rings (SSSR count). The minimum Gasteiger partial charge on any atom is -0.334 e. The summed E-state index contributed by atoms with van der Waals surface area (Å²) in [6, 6.07) is 0. The van der Waals surface area contributed by atoms with E-state index in [2.05, 4.69) is 29.1 Å². The van der Waals surface area contributed by atoms with Gasteiger partial charge in [0, 0.05) is 16.6 Å². The Morgan fingerprint density at radius 2 is 2.11 bits per heavy atom. The van der Waals surface area contributed by atoms with E-state index in [-0.39, 0.29) is 17.3 Å². The van der Waals surface area contributed by atoms with Gasteiger partial charge in [0.05, 0.1) is 37.6 Å². The third-order valence-electron chi connectivity index (χ3n) is 5.10. The minimum atomic E-state index is -0.189. The van der Waals surface area contributed by atoms with E-state index in [9.17, 15) is 9.59 Å². The summed E-state index contributed by atoms with van der Waals surface area (Å²) in [5.41, 5.74) is 2.97. The molecule has 0 unspecified atom stereocenters. The lowest BCUT2D eigenvalue weighted by atomic mass is 10.2. The highest BCUT2D eigenvalue weighted by atomic mass is 32.2. The van der Waals surface area contributed by atoms with Gasteiger partial charge in [-0.05, 0) is 40.0 Å². The van der Waals surface area contributed by atoms with Crippen LogP contribution in [0.15, 0.2) is 15.2 Å². The van der Waals surface area contributed by atoms with E-state index in [1.807, 2.05) is 16.9 Å². The van der Waals surface area contributed by atoms with Crippen molar-refractivity contribution in [2.75, 3.05) is 30.7 Å². The number of nitrogens with one attached hydrogen (secondary N) is 2. The number of amides is 1. The first-order chi connectivity index (χ1) is 13.5. The number of aryl methyl sites for hydroxylation is 1. The molecule has 0 saturated heterocycles. The zero-order chi connectivity index (χ0) is 20.1. The zero-order valence-electron chi connectivity index (χ0n) is 16.7. The molecule has 7 nitrogen and oxygen atoms in total. The van der Waals surface area contributed by atoms with Gasteiger partial charge in [-0.3, -0.25) is 9.36 Å². The van der Waals surface area contributed by atoms with Gasteiger partial charge in [-0.2, -0.15) is 4.98 Å². The minimum absolute atomic E-state index is 0.123. The van der Waals surface area contributed by atoms with E-state index < -0.39 is 0 Å². The van der Waals surface area contributed by atoms with Gasteiger partial charge in [-0.15, -0.1) is 11.3 Å². The fourth-order valence-electron chi connectivity index (χ4n) is 3.51. The molecule has 152 valence electrons. The van der Waals surface area contributed by atoms with Gasteiger partial charge < -0.3 is 10.2 Å². The number of anilines is 1. The Labute approximate surface area is 173 Å². The molecule has 1 amide bonds. The average Bonchev–Trinajstić information content (AvgIpc) is 3.31. The SMILES string of the molecule is CC[NH+](CC)CCn1c2c(c(SCC(=O)Nc3nc(C)cs3)nc1=O)CCC2. The van der Waals surface area contributed by atoms with Crippen LogP contribution in [-0.4, -0.2) is 45.8 Å². The number of fused-ring (bicyclic) bond motifs is 1. The van der Waals surface area contributed by atoms with E-state index in [1.165, 1.54) is 28.0 Å². The van der Waals surface area contributed by atoms with Crippen LogP contribution in [0, 0.1) is 6.92 Å². The van der Waals surface area contributed by atoms with Crippen LogP contribution in [0.3, 0.4) is 0 Å². The second-order valence-electron chi connectivity index (χ2n) is 6.97. The number of carbonyl (C=O) groups excluding carboxylic acids is 1. The van der Waals surface area contributed by atoms with Gasteiger partial charge in [0.25, 0.3) is 0 Å². The number of carbonyl (C=O) groups is 1. The Morgan fingerprint density at radius 3 is 2.79 bits per heavy atom. The summed E-state index contributed by atoms with van der Waals surface area (Å²) in [5.74, 6) is 0.104. The van der Waals surface area contributed by atoms with E-state index in [0.29, 0.717) is 11.7 Å². The second-order valence-corrected chi connectivity index (χ2v) is 8.79. The van der Waals surface area contributed by atoms with Crippen molar-refractivity contribution in [3.8, 4) is 0 Å². The molecule has 2 N–H and O–H groups in total. The fraction of sp³-hybridized carbons (Fsp3) is 0.579. The van der Waals surface area contributed by atoms with Crippen molar-refractivity contribution >= 4 is 34.1 Å². The van der Waals surface area contributed by atoms with Crippen LogP contribution in [0.4, 0.5) is 5.13 Å². The molecule has 0 fully saturated rings. The van der Waals surface area contributed by atoms with Gasteiger partial charge in [-0.25, -0.2) is 9.78 Å². The largest absolute Gasteiger partial charge is 0.349 e. The average molecular weight is 423 g/mol.